The Morgan fingerprint density at radius 3 is 2.83 bits per heavy atom. The fourth-order valence-corrected chi connectivity index (χ4v) is 2.47. The van der Waals surface area contributed by atoms with Gasteiger partial charge in [-0.05, 0) is 28.1 Å². The minimum atomic E-state index is -0.242. The van der Waals surface area contributed by atoms with Gasteiger partial charge in [0, 0.05) is 4.88 Å². The maximum absolute atomic E-state index is 11.2. The van der Waals surface area contributed by atoms with Crippen LogP contribution < -0.4 is 0 Å². The molecule has 0 bridgehead atoms. The highest BCUT2D eigenvalue weighted by Crippen LogP contribution is 2.26. The van der Waals surface area contributed by atoms with Crippen molar-refractivity contribution in [3.63, 3.8) is 0 Å². The third kappa shape index (κ3) is 2.97. The summed E-state index contributed by atoms with van der Waals surface area (Å²) in [5.74, 6) is -0.242. The van der Waals surface area contributed by atoms with E-state index in [1.807, 2.05) is 35.7 Å². The van der Waals surface area contributed by atoms with Gasteiger partial charge in [0.2, 0.25) is 0 Å². The summed E-state index contributed by atoms with van der Waals surface area (Å²) >= 11 is 1.53. The number of rotatable bonds is 4. The lowest BCUT2D eigenvalue weighted by Crippen LogP contribution is -2.04. The van der Waals surface area contributed by atoms with Crippen molar-refractivity contribution >= 4 is 17.3 Å². The van der Waals surface area contributed by atoms with Gasteiger partial charge in [0.15, 0.2) is 0 Å². The minimum absolute atomic E-state index is 0.0620. The van der Waals surface area contributed by atoms with Crippen LogP contribution in [0.3, 0.4) is 0 Å². The van der Waals surface area contributed by atoms with E-state index >= 15 is 0 Å². The Balaban J connectivity index is 2.23. The average Bonchev–Trinajstić information content (AvgIpc) is 2.87. The van der Waals surface area contributed by atoms with Crippen LogP contribution in [0, 0.1) is 0 Å². The van der Waals surface area contributed by atoms with Gasteiger partial charge in [0.05, 0.1) is 20.1 Å². The predicted octanol–water partition coefficient (Wildman–Crippen LogP) is 2.62. The summed E-state index contributed by atoms with van der Waals surface area (Å²) in [5.41, 5.74) is 3.04. The van der Waals surface area contributed by atoms with Gasteiger partial charge >= 0.3 is 5.97 Å². The molecule has 0 amide bonds. The van der Waals surface area contributed by atoms with Crippen molar-refractivity contribution in [3.8, 4) is 11.1 Å². The second kappa shape index (κ2) is 5.80. The summed E-state index contributed by atoms with van der Waals surface area (Å²) < 4.78 is 4.65. The molecule has 0 radical (unpaired) electrons. The summed E-state index contributed by atoms with van der Waals surface area (Å²) in [7, 11) is 1.39. The van der Waals surface area contributed by atoms with Crippen LogP contribution in [0.5, 0.6) is 0 Å². The Kier molecular flexibility index (Phi) is 4.12. The second-order valence-electron chi connectivity index (χ2n) is 3.91. The first kappa shape index (κ1) is 12.8. The fraction of sp³-hybridized carbons (Fsp3) is 0.214. The summed E-state index contributed by atoms with van der Waals surface area (Å²) in [6.45, 7) is 0.0620. The van der Waals surface area contributed by atoms with Crippen molar-refractivity contribution in [1.29, 1.82) is 0 Å². The molecule has 0 aliphatic carbocycles. The van der Waals surface area contributed by atoms with Gasteiger partial charge in [-0.3, -0.25) is 4.79 Å². The van der Waals surface area contributed by atoms with Crippen molar-refractivity contribution in [2.75, 3.05) is 7.11 Å². The quantitative estimate of drug-likeness (QED) is 0.862. The molecule has 0 aliphatic heterocycles. The number of aliphatic hydroxyl groups excluding tert-OH is 1. The minimum Gasteiger partial charge on any atom is -0.469 e. The molecule has 0 unspecified atom stereocenters. The van der Waals surface area contributed by atoms with E-state index in [9.17, 15) is 4.79 Å². The number of esters is 1. The summed E-state index contributed by atoms with van der Waals surface area (Å²) in [4.78, 5) is 12.2. The molecule has 0 saturated heterocycles. The zero-order chi connectivity index (χ0) is 13.0. The molecule has 1 aromatic carbocycles. The van der Waals surface area contributed by atoms with Crippen LogP contribution in [0.4, 0.5) is 0 Å². The number of carbonyl (C=O) groups is 1. The van der Waals surface area contributed by atoms with E-state index in [-0.39, 0.29) is 19.0 Å². The first-order chi connectivity index (χ1) is 8.72. The smallest absolute Gasteiger partial charge is 0.309 e. The molecule has 1 heterocycles. The zero-order valence-corrected chi connectivity index (χ0v) is 10.9. The van der Waals surface area contributed by atoms with Crippen molar-refractivity contribution in [2.45, 2.75) is 13.0 Å². The molecule has 0 spiro atoms. The Morgan fingerprint density at radius 2 is 2.17 bits per heavy atom. The molecule has 2 aromatic rings. The monoisotopic (exact) mass is 262 g/mol. The number of thiophene rings is 1. The number of hydrogen-bond donors (Lipinski definition) is 1. The number of benzene rings is 1. The van der Waals surface area contributed by atoms with Gasteiger partial charge < -0.3 is 9.84 Å². The largest absolute Gasteiger partial charge is 0.469 e. The second-order valence-corrected chi connectivity index (χ2v) is 4.91. The molecule has 1 aromatic heterocycles. The molecule has 4 heteroatoms. The van der Waals surface area contributed by atoms with Crippen LogP contribution in [-0.2, 0) is 22.6 Å². The van der Waals surface area contributed by atoms with Crippen molar-refractivity contribution in [3.05, 3.63) is 46.2 Å². The summed E-state index contributed by atoms with van der Waals surface area (Å²) in [5, 5.41) is 11.1. The third-order valence-corrected chi connectivity index (χ3v) is 3.57. The SMILES string of the molecule is COC(=O)Cc1cccc(-c2csc(CO)c2)c1. The highest BCUT2D eigenvalue weighted by atomic mass is 32.1. The summed E-state index contributed by atoms with van der Waals surface area (Å²) in [6, 6.07) is 9.75. The standard InChI is InChI=1S/C14H14O3S/c1-17-14(16)6-10-3-2-4-11(5-10)12-7-13(8-15)18-9-12/h2-5,7,9,15H,6,8H2,1H3. The molecule has 0 aliphatic rings. The van der Waals surface area contributed by atoms with Gasteiger partial charge in [-0.15, -0.1) is 11.3 Å². The van der Waals surface area contributed by atoms with E-state index in [0.717, 1.165) is 21.6 Å². The Hall–Kier alpha value is -1.65. The lowest BCUT2D eigenvalue weighted by atomic mass is 10.0. The molecule has 0 fully saturated rings. The lowest BCUT2D eigenvalue weighted by Gasteiger charge is -2.03. The Morgan fingerprint density at radius 1 is 1.33 bits per heavy atom. The van der Waals surface area contributed by atoms with E-state index < -0.39 is 0 Å². The average molecular weight is 262 g/mol. The molecular formula is C14H14O3S. The number of aliphatic hydroxyl groups is 1. The van der Waals surface area contributed by atoms with Gasteiger partial charge in [-0.1, -0.05) is 24.3 Å². The maximum atomic E-state index is 11.2. The van der Waals surface area contributed by atoms with Gasteiger partial charge in [0.1, 0.15) is 0 Å². The van der Waals surface area contributed by atoms with Crippen LogP contribution >= 0.6 is 11.3 Å². The third-order valence-electron chi connectivity index (χ3n) is 2.65. The van der Waals surface area contributed by atoms with E-state index in [0.29, 0.717) is 0 Å². The molecule has 3 nitrogen and oxygen atoms in total. The highest BCUT2D eigenvalue weighted by Gasteiger charge is 2.06. The normalized spacial score (nSPS) is 10.3. The summed E-state index contributed by atoms with van der Waals surface area (Å²) in [6.07, 6.45) is 0.279. The number of carbonyl (C=O) groups excluding carboxylic acids is 1. The van der Waals surface area contributed by atoms with Crippen LogP contribution in [0.1, 0.15) is 10.4 Å². The van der Waals surface area contributed by atoms with E-state index in [2.05, 4.69) is 4.74 Å². The van der Waals surface area contributed by atoms with Crippen molar-refractivity contribution in [1.82, 2.24) is 0 Å². The van der Waals surface area contributed by atoms with E-state index in [1.165, 1.54) is 18.4 Å². The first-order valence-corrected chi connectivity index (χ1v) is 6.45. The number of hydrogen-bond acceptors (Lipinski definition) is 4. The van der Waals surface area contributed by atoms with Crippen molar-refractivity contribution in [2.24, 2.45) is 0 Å². The molecule has 18 heavy (non-hydrogen) atoms. The molecule has 2 rings (SSSR count). The Labute approximate surface area is 110 Å². The molecule has 0 atom stereocenters. The number of methoxy groups -OCH3 is 1. The van der Waals surface area contributed by atoms with Crippen LogP contribution in [0.15, 0.2) is 35.7 Å². The lowest BCUT2D eigenvalue weighted by molar-refractivity contribution is -0.139. The number of ether oxygens (including phenoxy) is 1. The van der Waals surface area contributed by atoms with Crippen LogP contribution in [0.2, 0.25) is 0 Å². The van der Waals surface area contributed by atoms with Gasteiger partial charge in [-0.2, -0.15) is 0 Å². The topological polar surface area (TPSA) is 46.5 Å². The van der Waals surface area contributed by atoms with Gasteiger partial charge in [-0.25, -0.2) is 0 Å². The molecule has 94 valence electrons. The van der Waals surface area contributed by atoms with E-state index in [4.69, 9.17) is 5.11 Å². The first-order valence-electron chi connectivity index (χ1n) is 5.57. The Bertz CT molecular complexity index is 545. The van der Waals surface area contributed by atoms with Crippen LogP contribution in [-0.4, -0.2) is 18.2 Å². The zero-order valence-electron chi connectivity index (χ0n) is 10.1. The fourth-order valence-electron chi connectivity index (χ4n) is 1.71. The predicted molar refractivity (Wildman–Crippen MR) is 71.4 cm³/mol. The van der Waals surface area contributed by atoms with E-state index in [1.54, 1.807) is 0 Å². The molecule has 0 saturated carbocycles. The maximum Gasteiger partial charge on any atom is 0.309 e. The van der Waals surface area contributed by atoms with Crippen molar-refractivity contribution < 1.29 is 14.6 Å². The molecular weight excluding hydrogens is 248 g/mol. The van der Waals surface area contributed by atoms with Gasteiger partial charge in [0.25, 0.3) is 0 Å². The highest BCUT2D eigenvalue weighted by molar-refractivity contribution is 7.10. The molecule has 1 N–H and O–H groups in total. The van der Waals surface area contributed by atoms with Crippen LogP contribution in [0.25, 0.3) is 11.1 Å².